The van der Waals surface area contributed by atoms with E-state index in [0.717, 1.165) is 47.7 Å². The molecule has 0 heterocycles. The molecule has 0 spiro atoms. The van der Waals surface area contributed by atoms with E-state index in [1.807, 2.05) is 42.5 Å². The second-order valence-corrected chi connectivity index (χ2v) is 8.71. The molecule has 3 nitrogen and oxygen atoms in total. The zero-order valence-electron chi connectivity index (χ0n) is 16.0. The van der Waals surface area contributed by atoms with E-state index in [0.29, 0.717) is 11.2 Å². The van der Waals surface area contributed by atoms with E-state index >= 15 is 0 Å². The van der Waals surface area contributed by atoms with Crippen LogP contribution < -0.4 is 15.4 Å². The second-order valence-electron chi connectivity index (χ2n) is 7.90. The quantitative estimate of drug-likeness (QED) is 0.553. The Balaban J connectivity index is 1.41. The molecule has 148 valence electrons. The molecule has 2 aliphatic carbocycles. The minimum Gasteiger partial charge on any atom is -0.490 e. The average molecular weight is 415 g/mol. The van der Waals surface area contributed by atoms with E-state index in [9.17, 15) is 0 Å². The van der Waals surface area contributed by atoms with Gasteiger partial charge in [-0.15, -0.1) is 0 Å². The van der Waals surface area contributed by atoms with Crippen LogP contribution in [-0.4, -0.2) is 11.2 Å². The molecule has 5 heteroatoms. The summed E-state index contributed by atoms with van der Waals surface area (Å²) in [5.41, 5.74) is 1.91. The maximum absolute atomic E-state index is 6.51. The SMILES string of the molecule is S=C(Nc1ccc(OC2CCCC2)cc1)NC1(c2ccccc2Cl)CCCC1. The maximum atomic E-state index is 6.51. The Hall–Kier alpha value is -1.78. The number of ether oxygens (including phenoxy) is 1. The first-order chi connectivity index (χ1) is 13.6. The highest BCUT2D eigenvalue weighted by molar-refractivity contribution is 7.80. The number of nitrogens with one attached hydrogen (secondary N) is 2. The van der Waals surface area contributed by atoms with Crippen molar-refractivity contribution in [3.05, 3.63) is 59.1 Å². The maximum Gasteiger partial charge on any atom is 0.171 e. The number of hydrogen-bond donors (Lipinski definition) is 2. The first kappa shape index (κ1) is 19.5. The van der Waals surface area contributed by atoms with Gasteiger partial charge < -0.3 is 15.4 Å². The Bertz CT molecular complexity index is 812. The van der Waals surface area contributed by atoms with Crippen LogP contribution in [0.25, 0.3) is 0 Å². The number of hydrogen-bond acceptors (Lipinski definition) is 2. The van der Waals surface area contributed by atoms with Crippen molar-refractivity contribution in [1.29, 1.82) is 0 Å². The van der Waals surface area contributed by atoms with Crippen LogP contribution >= 0.6 is 23.8 Å². The topological polar surface area (TPSA) is 33.3 Å². The molecule has 0 bridgehead atoms. The minimum absolute atomic E-state index is 0.187. The van der Waals surface area contributed by atoms with Crippen molar-refractivity contribution in [2.75, 3.05) is 5.32 Å². The highest BCUT2D eigenvalue weighted by atomic mass is 35.5. The lowest BCUT2D eigenvalue weighted by molar-refractivity contribution is 0.210. The van der Waals surface area contributed by atoms with Crippen LogP contribution in [0.15, 0.2) is 48.5 Å². The lowest BCUT2D eigenvalue weighted by Gasteiger charge is -2.33. The molecule has 0 amide bonds. The van der Waals surface area contributed by atoms with Gasteiger partial charge in [0, 0.05) is 10.7 Å². The van der Waals surface area contributed by atoms with Gasteiger partial charge in [-0.1, -0.05) is 42.6 Å². The van der Waals surface area contributed by atoms with Crippen molar-refractivity contribution in [2.45, 2.75) is 63.0 Å². The van der Waals surface area contributed by atoms with Crippen LogP contribution in [0.2, 0.25) is 5.02 Å². The molecule has 0 atom stereocenters. The van der Waals surface area contributed by atoms with E-state index in [2.05, 4.69) is 16.7 Å². The summed E-state index contributed by atoms with van der Waals surface area (Å²) in [6.45, 7) is 0. The molecule has 4 rings (SSSR count). The molecule has 0 unspecified atom stereocenters. The van der Waals surface area contributed by atoms with Gasteiger partial charge in [0.1, 0.15) is 5.75 Å². The minimum atomic E-state index is -0.187. The van der Waals surface area contributed by atoms with Gasteiger partial charge in [-0.3, -0.25) is 0 Å². The highest BCUT2D eigenvalue weighted by Gasteiger charge is 2.37. The van der Waals surface area contributed by atoms with Crippen LogP contribution in [0.1, 0.15) is 56.9 Å². The number of thiocarbonyl (C=S) groups is 1. The van der Waals surface area contributed by atoms with Crippen LogP contribution in [0, 0.1) is 0 Å². The molecule has 0 radical (unpaired) electrons. The van der Waals surface area contributed by atoms with Gasteiger partial charge in [-0.25, -0.2) is 0 Å². The molecule has 2 N–H and O–H groups in total. The Morgan fingerprint density at radius 1 is 0.964 bits per heavy atom. The first-order valence-electron chi connectivity index (χ1n) is 10.3. The fourth-order valence-corrected chi connectivity index (χ4v) is 5.11. The smallest absolute Gasteiger partial charge is 0.171 e. The summed E-state index contributed by atoms with van der Waals surface area (Å²) in [6.07, 6.45) is 9.67. The van der Waals surface area contributed by atoms with Crippen LogP contribution in [0.4, 0.5) is 5.69 Å². The third-order valence-corrected chi connectivity index (χ3v) is 6.45. The Morgan fingerprint density at radius 2 is 1.64 bits per heavy atom. The fraction of sp³-hybridized carbons (Fsp3) is 0.435. The molecule has 0 aromatic heterocycles. The van der Waals surface area contributed by atoms with Gasteiger partial charge in [0.15, 0.2) is 5.11 Å². The third kappa shape index (κ3) is 4.44. The number of anilines is 1. The summed E-state index contributed by atoms with van der Waals surface area (Å²) in [5.74, 6) is 0.930. The van der Waals surface area contributed by atoms with Crippen molar-refractivity contribution in [3.8, 4) is 5.75 Å². The average Bonchev–Trinajstić information content (AvgIpc) is 3.36. The molecule has 2 aliphatic rings. The van der Waals surface area contributed by atoms with Crippen LogP contribution in [0.3, 0.4) is 0 Å². The van der Waals surface area contributed by atoms with Crippen LogP contribution in [-0.2, 0) is 5.54 Å². The van der Waals surface area contributed by atoms with Crippen molar-refractivity contribution in [2.24, 2.45) is 0 Å². The molecular formula is C23H27ClN2OS. The van der Waals surface area contributed by atoms with Gasteiger partial charge in [-0.2, -0.15) is 0 Å². The summed E-state index contributed by atoms with van der Waals surface area (Å²) < 4.78 is 6.04. The molecule has 2 aromatic carbocycles. The van der Waals surface area contributed by atoms with Crippen molar-refractivity contribution < 1.29 is 4.74 Å². The first-order valence-corrected chi connectivity index (χ1v) is 11.0. The highest BCUT2D eigenvalue weighted by Crippen LogP contribution is 2.41. The van der Waals surface area contributed by atoms with Gasteiger partial charge in [-0.05, 0) is 86.6 Å². The molecule has 28 heavy (non-hydrogen) atoms. The van der Waals surface area contributed by atoms with Crippen molar-refractivity contribution in [1.82, 2.24) is 5.32 Å². The largest absolute Gasteiger partial charge is 0.490 e. The molecule has 0 aliphatic heterocycles. The molecule has 2 aromatic rings. The zero-order chi connectivity index (χ0) is 19.4. The summed E-state index contributed by atoms with van der Waals surface area (Å²) >= 11 is 12.1. The van der Waals surface area contributed by atoms with E-state index in [1.54, 1.807) is 0 Å². The van der Waals surface area contributed by atoms with E-state index in [4.69, 9.17) is 28.6 Å². The summed E-state index contributed by atoms with van der Waals surface area (Å²) in [7, 11) is 0. The van der Waals surface area contributed by atoms with E-state index in [1.165, 1.54) is 25.7 Å². The normalized spacial score (nSPS) is 18.8. The zero-order valence-corrected chi connectivity index (χ0v) is 17.6. The standard InChI is InChI=1S/C23H27ClN2OS/c24-21-10-4-3-9-20(21)23(15-5-6-16-23)26-22(28)25-17-11-13-19(14-12-17)27-18-7-1-2-8-18/h3-4,9-14,18H,1-2,5-8,15-16H2,(H2,25,26,28). The monoisotopic (exact) mass is 414 g/mol. The molecular weight excluding hydrogens is 388 g/mol. The number of halogens is 1. The molecule has 2 saturated carbocycles. The van der Waals surface area contributed by atoms with Gasteiger partial charge in [0.05, 0.1) is 11.6 Å². The van der Waals surface area contributed by atoms with E-state index in [-0.39, 0.29) is 5.54 Å². The summed E-state index contributed by atoms with van der Waals surface area (Å²) in [4.78, 5) is 0. The Kier molecular flexibility index (Phi) is 6.07. The van der Waals surface area contributed by atoms with Gasteiger partial charge in [0.2, 0.25) is 0 Å². The number of benzene rings is 2. The predicted octanol–water partition coefficient (Wildman–Crippen LogP) is 6.42. The van der Waals surface area contributed by atoms with Crippen molar-refractivity contribution >= 4 is 34.6 Å². The Morgan fingerprint density at radius 3 is 2.32 bits per heavy atom. The predicted molar refractivity (Wildman–Crippen MR) is 120 cm³/mol. The summed E-state index contributed by atoms with van der Waals surface area (Å²) in [5, 5.41) is 8.33. The molecule has 0 saturated heterocycles. The third-order valence-electron chi connectivity index (χ3n) is 5.92. The van der Waals surface area contributed by atoms with Crippen LogP contribution in [0.5, 0.6) is 5.75 Å². The van der Waals surface area contributed by atoms with E-state index < -0.39 is 0 Å². The fourth-order valence-electron chi connectivity index (χ4n) is 4.48. The lowest BCUT2D eigenvalue weighted by atomic mass is 9.88. The number of rotatable bonds is 5. The second kappa shape index (κ2) is 8.71. The van der Waals surface area contributed by atoms with Crippen molar-refractivity contribution in [3.63, 3.8) is 0 Å². The molecule has 2 fully saturated rings. The van der Waals surface area contributed by atoms with Gasteiger partial charge in [0.25, 0.3) is 0 Å². The van der Waals surface area contributed by atoms with Gasteiger partial charge >= 0.3 is 0 Å². The summed E-state index contributed by atoms with van der Waals surface area (Å²) in [6, 6.07) is 16.2. The Labute approximate surface area is 177 Å². The lowest BCUT2D eigenvalue weighted by Crippen LogP contribution is -2.45.